The van der Waals surface area contributed by atoms with Gasteiger partial charge in [-0.05, 0) is 48.0 Å². The van der Waals surface area contributed by atoms with E-state index in [1.807, 2.05) is 24.3 Å². The van der Waals surface area contributed by atoms with Crippen molar-refractivity contribution < 1.29 is 13.6 Å². The average molecular weight is 413 g/mol. The van der Waals surface area contributed by atoms with Crippen LogP contribution in [0.5, 0.6) is 0 Å². The summed E-state index contributed by atoms with van der Waals surface area (Å²) >= 11 is 7.57. The maximum absolute atomic E-state index is 13.0. The zero-order chi connectivity index (χ0) is 19.5. The molecule has 4 rings (SSSR count). The molecule has 0 radical (unpaired) electrons. The van der Waals surface area contributed by atoms with E-state index >= 15 is 0 Å². The quantitative estimate of drug-likeness (QED) is 0.434. The van der Waals surface area contributed by atoms with Crippen LogP contribution in [0.4, 0.5) is 9.52 Å². The molecule has 2 heterocycles. The van der Waals surface area contributed by atoms with Gasteiger partial charge < -0.3 is 4.42 Å². The zero-order valence-corrected chi connectivity index (χ0v) is 16.1. The van der Waals surface area contributed by atoms with Gasteiger partial charge in [0.2, 0.25) is 0 Å². The Hall–Kier alpha value is -2.96. The topological polar surface area (TPSA) is 55.1 Å². The van der Waals surface area contributed by atoms with Crippen molar-refractivity contribution in [3.63, 3.8) is 0 Å². The molecule has 7 heteroatoms. The first-order chi connectivity index (χ1) is 13.6. The summed E-state index contributed by atoms with van der Waals surface area (Å²) in [4.78, 5) is 17.6. The Kier molecular flexibility index (Phi) is 5.23. The van der Waals surface area contributed by atoms with Gasteiger partial charge in [0.15, 0.2) is 10.9 Å². The van der Waals surface area contributed by atoms with Crippen molar-refractivity contribution in [1.82, 2.24) is 4.98 Å². The van der Waals surface area contributed by atoms with Crippen molar-refractivity contribution in [2.75, 3.05) is 5.32 Å². The predicted octanol–water partition coefficient (Wildman–Crippen LogP) is 6.04. The molecule has 0 fully saturated rings. The van der Waals surface area contributed by atoms with Crippen LogP contribution < -0.4 is 5.32 Å². The number of rotatable bonds is 5. The lowest BCUT2D eigenvalue weighted by Gasteiger charge is -2.01. The summed E-state index contributed by atoms with van der Waals surface area (Å²) in [7, 11) is 0. The van der Waals surface area contributed by atoms with Crippen molar-refractivity contribution in [3.8, 4) is 11.3 Å². The minimum absolute atomic E-state index is 0.155. The van der Waals surface area contributed by atoms with E-state index in [1.54, 1.807) is 30.5 Å². The standard InChI is InChI=1S/C21H14ClFN2O2S/c22-17-4-2-1-3-14(17)11-16-12-24-21(28-16)25-20(26)19-10-9-18(27-19)13-5-7-15(23)8-6-13/h1-10,12H,11H2,(H,24,25,26). The Balaban J connectivity index is 1.44. The summed E-state index contributed by atoms with van der Waals surface area (Å²) in [6.45, 7) is 0. The number of thiazole rings is 1. The van der Waals surface area contributed by atoms with Gasteiger partial charge in [-0.3, -0.25) is 10.1 Å². The van der Waals surface area contributed by atoms with Crippen molar-refractivity contribution in [2.24, 2.45) is 0 Å². The number of halogens is 2. The molecule has 0 spiro atoms. The Morgan fingerprint density at radius 3 is 2.68 bits per heavy atom. The minimum Gasteiger partial charge on any atom is -0.451 e. The molecule has 0 bridgehead atoms. The van der Waals surface area contributed by atoms with E-state index < -0.39 is 5.91 Å². The lowest BCUT2D eigenvalue weighted by molar-refractivity contribution is 0.0997. The van der Waals surface area contributed by atoms with E-state index in [-0.39, 0.29) is 11.6 Å². The van der Waals surface area contributed by atoms with Gasteiger partial charge in [-0.15, -0.1) is 11.3 Å². The Bertz CT molecular complexity index is 1120. The third kappa shape index (κ3) is 4.13. The maximum Gasteiger partial charge on any atom is 0.293 e. The molecule has 2 aromatic carbocycles. The summed E-state index contributed by atoms with van der Waals surface area (Å²) in [6.07, 6.45) is 2.36. The number of hydrogen-bond donors (Lipinski definition) is 1. The molecule has 0 saturated carbocycles. The van der Waals surface area contributed by atoms with Crippen molar-refractivity contribution in [1.29, 1.82) is 0 Å². The van der Waals surface area contributed by atoms with Gasteiger partial charge in [0.05, 0.1) is 0 Å². The number of carbonyl (C=O) groups is 1. The van der Waals surface area contributed by atoms with Gasteiger partial charge in [-0.2, -0.15) is 0 Å². The fourth-order valence-electron chi connectivity index (χ4n) is 2.66. The van der Waals surface area contributed by atoms with Gasteiger partial charge in [0, 0.05) is 28.1 Å². The first kappa shape index (κ1) is 18.4. The zero-order valence-electron chi connectivity index (χ0n) is 14.5. The fourth-order valence-corrected chi connectivity index (χ4v) is 3.70. The molecule has 0 atom stereocenters. The Labute approximate surface area is 169 Å². The molecular formula is C21H14ClFN2O2S. The highest BCUT2D eigenvalue weighted by atomic mass is 35.5. The van der Waals surface area contributed by atoms with Gasteiger partial charge in [0.1, 0.15) is 11.6 Å². The van der Waals surface area contributed by atoms with Crippen LogP contribution in [0.2, 0.25) is 5.02 Å². The monoisotopic (exact) mass is 412 g/mol. The highest BCUT2D eigenvalue weighted by molar-refractivity contribution is 7.15. The number of carbonyl (C=O) groups excluding carboxylic acids is 1. The van der Waals surface area contributed by atoms with Crippen LogP contribution in [0.15, 0.2) is 71.3 Å². The van der Waals surface area contributed by atoms with E-state index in [2.05, 4.69) is 10.3 Å². The normalized spacial score (nSPS) is 10.8. The smallest absolute Gasteiger partial charge is 0.293 e. The molecule has 140 valence electrons. The van der Waals surface area contributed by atoms with Gasteiger partial charge in [0.25, 0.3) is 5.91 Å². The van der Waals surface area contributed by atoms with E-state index in [0.717, 1.165) is 10.4 Å². The number of anilines is 1. The summed E-state index contributed by atoms with van der Waals surface area (Å²) in [6, 6.07) is 16.7. The lowest BCUT2D eigenvalue weighted by atomic mass is 10.1. The van der Waals surface area contributed by atoms with Crippen molar-refractivity contribution >= 4 is 34.0 Å². The molecule has 4 nitrogen and oxygen atoms in total. The number of furan rings is 1. The van der Waals surface area contributed by atoms with Crippen molar-refractivity contribution in [2.45, 2.75) is 6.42 Å². The van der Waals surface area contributed by atoms with Gasteiger partial charge >= 0.3 is 0 Å². The molecule has 0 aliphatic heterocycles. The number of amides is 1. The Morgan fingerprint density at radius 2 is 1.89 bits per heavy atom. The van der Waals surface area contributed by atoms with E-state index in [0.29, 0.717) is 27.9 Å². The number of nitrogens with zero attached hydrogens (tertiary/aromatic N) is 1. The number of hydrogen-bond acceptors (Lipinski definition) is 4. The summed E-state index contributed by atoms with van der Waals surface area (Å²) in [5.74, 6) is -0.0810. The van der Waals surface area contributed by atoms with Crippen molar-refractivity contribution in [3.05, 3.63) is 93.9 Å². The van der Waals surface area contributed by atoms with E-state index in [1.165, 1.54) is 23.5 Å². The first-order valence-electron chi connectivity index (χ1n) is 8.44. The second-order valence-electron chi connectivity index (χ2n) is 6.02. The van der Waals surface area contributed by atoms with Gasteiger partial charge in [-0.25, -0.2) is 9.37 Å². The summed E-state index contributed by atoms with van der Waals surface area (Å²) in [5.41, 5.74) is 1.69. The second kappa shape index (κ2) is 7.96. The minimum atomic E-state index is -0.396. The molecule has 4 aromatic rings. The van der Waals surface area contributed by atoms with Crippen LogP contribution in [-0.2, 0) is 6.42 Å². The number of nitrogens with one attached hydrogen (secondary N) is 1. The number of aromatic nitrogens is 1. The summed E-state index contributed by atoms with van der Waals surface area (Å²) in [5, 5.41) is 3.91. The molecule has 28 heavy (non-hydrogen) atoms. The molecule has 2 aromatic heterocycles. The van der Waals surface area contributed by atoms with Crippen LogP contribution in [0.25, 0.3) is 11.3 Å². The molecule has 1 N–H and O–H groups in total. The molecule has 0 unspecified atom stereocenters. The largest absolute Gasteiger partial charge is 0.451 e. The molecule has 0 aliphatic rings. The average Bonchev–Trinajstić information content (AvgIpc) is 3.34. The lowest BCUT2D eigenvalue weighted by Crippen LogP contribution is -2.10. The third-order valence-corrected chi connectivity index (χ3v) is 5.34. The van der Waals surface area contributed by atoms with Crippen LogP contribution in [0.3, 0.4) is 0 Å². The second-order valence-corrected chi connectivity index (χ2v) is 7.55. The van der Waals surface area contributed by atoms with E-state index in [9.17, 15) is 9.18 Å². The molecule has 0 aliphatic carbocycles. The molecule has 1 amide bonds. The van der Waals surface area contributed by atoms with Crippen LogP contribution in [0.1, 0.15) is 21.0 Å². The fraction of sp³-hybridized carbons (Fsp3) is 0.0476. The maximum atomic E-state index is 13.0. The third-order valence-electron chi connectivity index (χ3n) is 4.06. The van der Waals surface area contributed by atoms with E-state index in [4.69, 9.17) is 16.0 Å². The highest BCUT2D eigenvalue weighted by Crippen LogP contribution is 2.26. The first-order valence-corrected chi connectivity index (χ1v) is 9.63. The van der Waals surface area contributed by atoms with Gasteiger partial charge in [-0.1, -0.05) is 29.8 Å². The molecule has 0 saturated heterocycles. The molecular weight excluding hydrogens is 399 g/mol. The predicted molar refractivity (Wildman–Crippen MR) is 108 cm³/mol. The summed E-state index contributed by atoms with van der Waals surface area (Å²) < 4.78 is 18.6. The van der Waals surface area contributed by atoms with Crippen LogP contribution >= 0.6 is 22.9 Å². The van der Waals surface area contributed by atoms with Crippen LogP contribution in [0, 0.1) is 5.82 Å². The Morgan fingerprint density at radius 1 is 1.11 bits per heavy atom. The SMILES string of the molecule is O=C(Nc1ncc(Cc2ccccc2Cl)s1)c1ccc(-c2ccc(F)cc2)o1. The number of benzene rings is 2. The van der Waals surface area contributed by atoms with Crippen LogP contribution in [-0.4, -0.2) is 10.9 Å². The highest BCUT2D eigenvalue weighted by Gasteiger charge is 2.15.